The van der Waals surface area contributed by atoms with Crippen molar-refractivity contribution in [1.82, 2.24) is 24.7 Å². The molecule has 186 valence electrons. The summed E-state index contributed by atoms with van der Waals surface area (Å²) in [7, 11) is 0. The molecule has 4 aromatic rings. The monoisotopic (exact) mass is 491 g/mol. The van der Waals surface area contributed by atoms with Crippen molar-refractivity contribution in [3.63, 3.8) is 0 Å². The third-order valence-electron chi connectivity index (χ3n) is 4.81. The third kappa shape index (κ3) is 6.15. The highest BCUT2D eigenvalue weighted by Gasteiger charge is 2.38. The van der Waals surface area contributed by atoms with Crippen molar-refractivity contribution in [2.24, 2.45) is 0 Å². The number of halogens is 3. The van der Waals surface area contributed by atoms with Crippen molar-refractivity contribution < 1.29 is 32.2 Å². The number of carboxylic acids is 1. The molecule has 0 bridgehead atoms. The summed E-state index contributed by atoms with van der Waals surface area (Å²) in [6.45, 7) is 9.27. The minimum absolute atomic E-state index is 0.114. The van der Waals surface area contributed by atoms with Gasteiger partial charge in [-0.25, -0.2) is 19.7 Å². The quantitative estimate of drug-likeness (QED) is 0.267. The van der Waals surface area contributed by atoms with Gasteiger partial charge in [-0.3, -0.25) is 0 Å². The number of ether oxygens (including phenoxy) is 1. The normalized spacial score (nSPS) is 12.3. The second-order valence-corrected chi connectivity index (χ2v) is 7.33. The highest BCUT2D eigenvalue weighted by molar-refractivity contribution is 5.89. The molecule has 12 heteroatoms. The van der Waals surface area contributed by atoms with Gasteiger partial charge in [0, 0.05) is 36.3 Å². The molecule has 1 unspecified atom stereocenters. The Morgan fingerprint density at radius 1 is 1.40 bits per heavy atom. The van der Waals surface area contributed by atoms with Gasteiger partial charge in [-0.2, -0.15) is 13.2 Å². The van der Waals surface area contributed by atoms with Crippen molar-refractivity contribution in [2.75, 3.05) is 13.2 Å². The molecule has 9 nitrogen and oxygen atoms in total. The highest BCUT2D eigenvalue weighted by atomic mass is 19.4. The summed E-state index contributed by atoms with van der Waals surface area (Å²) in [5.74, 6) is -2.27. The summed E-state index contributed by atoms with van der Waals surface area (Å²) in [6.07, 6.45) is 4.66. The van der Waals surface area contributed by atoms with Crippen LogP contribution in [0.15, 0.2) is 54.1 Å². The number of carboxylic acid groups (broad SMARTS) is 1. The number of nitrogens with one attached hydrogen (secondary N) is 1. The number of aliphatic carboxylic acids is 1. The maximum Gasteiger partial charge on any atom is 0.490 e. The Morgan fingerprint density at radius 2 is 2.14 bits per heavy atom. The molecule has 0 radical (unpaired) electrons. The molecule has 2 N–H and O–H groups in total. The van der Waals surface area contributed by atoms with Crippen LogP contribution in [0.1, 0.15) is 32.0 Å². The average molecular weight is 491 g/mol. The van der Waals surface area contributed by atoms with E-state index in [1.54, 1.807) is 12.5 Å². The van der Waals surface area contributed by atoms with E-state index in [-0.39, 0.29) is 6.04 Å². The van der Waals surface area contributed by atoms with Crippen molar-refractivity contribution >= 4 is 22.7 Å². The van der Waals surface area contributed by atoms with Crippen LogP contribution < -0.4 is 10.1 Å². The van der Waals surface area contributed by atoms with Gasteiger partial charge in [0.1, 0.15) is 5.52 Å². The Balaban J connectivity index is 0.000000429. The Bertz CT molecular complexity index is 1320. The number of rotatable bonds is 8. The van der Waals surface area contributed by atoms with E-state index in [0.29, 0.717) is 23.7 Å². The molecule has 0 aliphatic carbocycles. The second kappa shape index (κ2) is 11.0. The van der Waals surface area contributed by atoms with Gasteiger partial charge in [0.15, 0.2) is 5.58 Å². The average Bonchev–Trinajstić information content (AvgIpc) is 3.47. The van der Waals surface area contributed by atoms with Gasteiger partial charge in [0.25, 0.3) is 5.88 Å². The molecule has 0 amide bonds. The molecule has 0 aromatic carbocycles. The van der Waals surface area contributed by atoms with Gasteiger partial charge in [-0.1, -0.05) is 13.0 Å². The number of imidazole rings is 1. The van der Waals surface area contributed by atoms with E-state index in [9.17, 15) is 13.2 Å². The van der Waals surface area contributed by atoms with Crippen LogP contribution in [0.5, 0.6) is 5.88 Å². The number of nitrogens with zero attached hydrogens (tertiary/aromatic N) is 4. The lowest BCUT2D eigenvalue weighted by Crippen LogP contribution is -2.21. The molecule has 0 aliphatic heterocycles. The first-order valence-corrected chi connectivity index (χ1v) is 10.6. The summed E-state index contributed by atoms with van der Waals surface area (Å²) in [6, 6.07) is 4.01. The molecule has 0 saturated heterocycles. The first-order chi connectivity index (χ1) is 16.7. The van der Waals surface area contributed by atoms with Crippen LogP contribution in [0.3, 0.4) is 0 Å². The topological polar surface area (TPSA) is 115 Å². The van der Waals surface area contributed by atoms with Gasteiger partial charge in [-0.15, -0.1) is 6.58 Å². The number of hydrogen-bond acceptors (Lipinski definition) is 7. The first kappa shape index (κ1) is 25.7. The van der Waals surface area contributed by atoms with Gasteiger partial charge in [-0.05, 0) is 26.0 Å². The van der Waals surface area contributed by atoms with Gasteiger partial charge < -0.3 is 24.0 Å². The number of hydrogen-bond donors (Lipinski definition) is 2. The standard InChI is InChI=1S/C21H23N5O2.C2HF3O2/c1-4-6-10-28-21-20-23-8-9-26(20)13-18(25-21)15-12-17(14(3)22-5-2)24-16-7-11-27-19(15)16;3-2(4,5)1(6)7/h4,7-9,11-14,22H,1,5-6,10H2,2-3H3;(H,6,7). The van der Waals surface area contributed by atoms with E-state index in [0.717, 1.165) is 35.4 Å². The van der Waals surface area contributed by atoms with Crippen molar-refractivity contribution in [3.8, 4) is 17.1 Å². The minimum Gasteiger partial charge on any atom is -0.475 e. The predicted octanol–water partition coefficient (Wildman–Crippen LogP) is 4.80. The van der Waals surface area contributed by atoms with E-state index >= 15 is 0 Å². The SMILES string of the molecule is C=CCCOc1nc(-c2cc(C(C)NCC)nc3ccoc23)cn2ccnc12.O=C(O)C(F)(F)F. The van der Waals surface area contributed by atoms with Crippen molar-refractivity contribution in [2.45, 2.75) is 32.5 Å². The van der Waals surface area contributed by atoms with Crippen molar-refractivity contribution in [1.29, 1.82) is 0 Å². The number of furan rings is 1. The summed E-state index contributed by atoms with van der Waals surface area (Å²) in [4.78, 5) is 22.7. The summed E-state index contributed by atoms with van der Waals surface area (Å²) < 4.78 is 45.2. The molecule has 1 atom stereocenters. The molecular weight excluding hydrogens is 467 g/mol. The van der Waals surface area contributed by atoms with Gasteiger partial charge in [0.05, 0.1) is 24.3 Å². The number of carbonyl (C=O) groups is 1. The molecule has 4 rings (SSSR count). The van der Waals surface area contributed by atoms with Crippen LogP contribution in [-0.2, 0) is 4.79 Å². The van der Waals surface area contributed by atoms with Crippen LogP contribution in [0.2, 0.25) is 0 Å². The molecule has 4 aromatic heterocycles. The lowest BCUT2D eigenvalue weighted by molar-refractivity contribution is -0.192. The largest absolute Gasteiger partial charge is 0.490 e. The lowest BCUT2D eigenvalue weighted by Gasteiger charge is -2.14. The lowest BCUT2D eigenvalue weighted by atomic mass is 10.1. The van der Waals surface area contributed by atoms with E-state index < -0.39 is 12.1 Å². The minimum atomic E-state index is -5.08. The first-order valence-electron chi connectivity index (χ1n) is 10.6. The smallest absolute Gasteiger partial charge is 0.475 e. The summed E-state index contributed by atoms with van der Waals surface area (Å²) in [5.41, 5.74) is 4.74. The van der Waals surface area contributed by atoms with Crippen LogP contribution in [0.4, 0.5) is 13.2 Å². The Morgan fingerprint density at radius 3 is 2.80 bits per heavy atom. The Kier molecular flexibility index (Phi) is 8.07. The molecule has 0 saturated carbocycles. The second-order valence-electron chi connectivity index (χ2n) is 7.33. The van der Waals surface area contributed by atoms with E-state index in [4.69, 9.17) is 29.0 Å². The van der Waals surface area contributed by atoms with E-state index in [2.05, 4.69) is 30.7 Å². The molecule has 35 heavy (non-hydrogen) atoms. The molecule has 4 heterocycles. The number of fused-ring (bicyclic) bond motifs is 2. The zero-order chi connectivity index (χ0) is 25.6. The Labute approximate surface area is 198 Å². The highest BCUT2D eigenvalue weighted by Crippen LogP contribution is 2.32. The number of alkyl halides is 3. The molecule has 0 spiro atoms. The zero-order valence-corrected chi connectivity index (χ0v) is 19.0. The van der Waals surface area contributed by atoms with Crippen LogP contribution in [-0.4, -0.2) is 49.8 Å². The summed E-state index contributed by atoms with van der Waals surface area (Å²) in [5, 5.41) is 10.5. The predicted molar refractivity (Wildman–Crippen MR) is 122 cm³/mol. The van der Waals surface area contributed by atoms with Crippen LogP contribution >= 0.6 is 0 Å². The molecule has 0 fully saturated rings. The fourth-order valence-electron chi connectivity index (χ4n) is 3.17. The maximum absolute atomic E-state index is 10.6. The molecule has 0 aliphatic rings. The fraction of sp³-hybridized carbons (Fsp3) is 0.304. The van der Waals surface area contributed by atoms with E-state index in [1.807, 2.05) is 35.0 Å². The van der Waals surface area contributed by atoms with E-state index in [1.165, 1.54) is 0 Å². The zero-order valence-electron chi connectivity index (χ0n) is 19.0. The maximum atomic E-state index is 10.6. The fourth-order valence-corrected chi connectivity index (χ4v) is 3.17. The molecular formula is C23H24F3N5O4. The number of pyridine rings is 1. The Hall–Kier alpha value is -3.93. The van der Waals surface area contributed by atoms with Gasteiger partial charge >= 0.3 is 12.1 Å². The number of aromatic nitrogens is 4. The third-order valence-corrected chi connectivity index (χ3v) is 4.81. The van der Waals surface area contributed by atoms with Gasteiger partial charge in [0.2, 0.25) is 5.65 Å². The van der Waals surface area contributed by atoms with Crippen molar-refractivity contribution in [3.05, 3.63) is 55.3 Å². The van der Waals surface area contributed by atoms with Crippen LogP contribution in [0, 0.1) is 0 Å². The summed E-state index contributed by atoms with van der Waals surface area (Å²) >= 11 is 0. The van der Waals surface area contributed by atoms with Crippen LogP contribution in [0.25, 0.3) is 28.0 Å².